The van der Waals surface area contributed by atoms with E-state index in [0.717, 1.165) is 17.2 Å². The van der Waals surface area contributed by atoms with Crippen molar-refractivity contribution < 1.29 is 14.7 Å². The number of hydrogen-bond acceptors (Lipinski definition) is 4. The Hall–Kier alpha value is -1.49. The maximum absolute atomic E-state index is 11.4. The Morgan fingerprint density at radius 3 is 2.64 bits per heavy atom. The van der Waals surface area contributed by atoms with Crippen LogP contribution in [0.4, 0.5) is 0 Å². The Balaban J connectivity index is 1.62. The molecular formula is C17H21NO3S. The normalized spacial score (nSPS) is 23.5. The lowest BCUT2D eigenvalue weighted by Gasteiger charge is -2.24. The number of aliphatic carboxylic acids is 1. The van der Waals surface area contributed by atoms with E-state index in [1.807, 2.05) is 6.26 Å². The molecule has 2 aliphatic rings. The summed E-state index contributed by atoms with van der Waals surface area (Å²) in [4.78, 5) is 16.9. The van der Waals surface area contributed by atoms with Crippen molar-refractivity contribution in [2.45, 2.75) is 49.4 Å². The SMILES string of the molecule is CSC(C)(CC1CC(c2ccc(C3CC3)cc2)=NO1)C(=O)O. The minimum absolute atomic E-state index is 0.161. The fraction of sp³-hybridized carbons (Fsp3) is 0.529. The van der Waals surface area contributed by atoms with E-state index in [1.165, 1.54) is 30.2 Å². The zero-order valence-corrected chi connectivity index (χ0v) is 13.7. The quantitative estimate of drug-likeness (QED) is 0.869. The zero-order chi connectivity index (χ0) is 15.7. The minimum Gasteiger partial charge on any atom is -0.480 e. The largest absolute Gasteiger partial charge is 0.480 e. The second kappa shape index (κ2) is 5.95. The minimum atomic E-state index is -0.828. The number of rotatable bonds is 6. The summed E-state index contributed by atoms with van der Waals surface area (Å²) in [5.74, 6) is -0.0488. The second-order valence-electron chi connectivity index (χ2n) is 6.31. The molecule has 1 aliphatic carbocycles. The number of carboxylic acid groups (broad SMARTS) is 1. The molecule has 1 fully saturated rings. The Labute approximate surface area is 134 Å². The number of benzene rings is 1. The van der Waals surface area contributed by atoms with Crippen molar-refractivity contribution >= 4 is 23.4 Å². The first-order valence-corrected chi connectivity index (χ1v) is 8.86. The van der Waals surface area contributed by atoms with Crippen molar-refractivity contribution in [3.8, 4) is 0 Å². The first kappa shape index (κ1) is 15.4. The van der Waals surface area contributed by atoms with E-state index >= 15 is 0 Å². The predicted octanol–water partition coefficient (Wildman–Crippen LogP) is 3.65. The highest BCUT2D eigenvalue weighted by atomic mass is 32.2. The Morgan fingerprint density at radius 2 is 2.09 bits per heavy atom. The van der Waals surface area contributed by atoms with Crippen molar-refractivity contribution in [3.05, 3.63) is 35.4 Å². The molecule has 1 saturated carbocycles. The summed E-state index contributed by atoms with van der Waals surface area (Å²) in [6, 6.07) is 8.55. The molecule has 5 heteroatoms. The molecule has 0 radical (unpaired) electrons. The highest BCUT2D eigenvalue weighted by Crippen LogP contribution is 2.40. The van der Waals surface area contributed by atoms with E-state index in [2.05, 4.69) is 29.4 Å². The molecule has 0 bridgehead atoms. The topological polar surface area (TPSA) is 58.9 Å². The molecule has 0 saturated heterocycles. The van der Waals surface area contributed by atoms with Gasteiger partial charge in [0.15, 0.2) is 0 Å². The maximum atomic E-state index is 11.4. The summed E-state index contributed by atoms with van der Waals surface area (Å²) >= 11 is 1.35. The molecular weight excluding hydrogens is 298 g/mol. The van der Waals surface area contributed by atoms with Gasteiger partial charge in [0.1, 0.15) is 10.9 Å². The third kappa shape index (κ3) is 3.14. The standard InChI is InChI=1S/C17H21NO3S/c1-17(22-2,16(19)20)10-14-9-15(18-21-14)13-7-5-12(6-8-13)11-3-4-11/h5-8,11,14H,3-4,9-10H2,1-2H3,(H,19,20). The maximum Gasteiger partial charge on any atom is 0.319 e. The van der Waals surface area contributed by atoms with Crippen LogP contribution in [-0.2, 0) is 9.63 Å². The van der Waals surface area contributed by atoms with Crippen LogP contribution < -0.4 is 0 Å². The average molecular weight is 319 g/mol. The van der Waals surface area contributed by atoms with Crippen LogP contribution in [0, 0.1) is 0 Å². The van der Waals surface area contributed by atoms with Crippen LogP contribution >= 0.6 is 11.8 Å². The summed E-state index contributed by atoms with van der Waals surface area (Å²) in [5.41, 5.74) is 3.40. The number of oxime groups is 1. The lowest BCUT2D eigenvalue weighted by atomic mass is 9.96. The van der Waals surface area contributed by atoms with Crippen LogP contribution in [0.25, 0.3) is 0 Å². The third-order valence-corrected chi connectivity index (χ3v) is 5.79. The molecule has 1 N–H and O–H groups in total. The fourth-order valence-electron chi connectivity index (χ4n) is 2.77. The molecule has 1 aliphatic heterocycles. The molecule has 0 amide bonds. The van der Waals surface area contributed by atoms with Crippen molar-refractivity contribution in [1.29, 1.82) is 0 Å². The highest BCUT2D eigenvalue weighted by molar-refractivity contribution is 8.00. The van der Waals surface area contributed by atoms with Gasteiger partial charge in [-0.2, -0.15) is 0 Å². The fourth-order valence-corrected chi connectivity index (χ4v) is 3.29. The summed E-state index contributed by atoms with van der Waals surface area (Å²) in [6.45, 7) is 1.74. The third-order valence-electron chi connectivity index (χ3n) is 4.55. The summed E-state index contributed by atoms with van der Waals surface area (Å²) in [7, 11) is 0. The molecule has 2 unspecified atom stereocenters. The van der Waals surface area contributed by atoms with E-state index in [4.69, 9.17) is 4.84 Å². The summed E-state index contributed by atoms with van der Waals surface area (Å²) in [5, 5.41) is 13.5. The smallest absolute Gasteiger partial charge is 0.319 e. The predicted molar refractivity (Wildman–Crippen MR) is 88.6 cm³/mol. The van der Waals surface area contributed by atoms with Gasteiger partial charge in [0.05, 0.1) is 5.71 Å². The van der Waals surface area contributed by atoms with Gasteiger partial charge in [-0.05, 0) is 43.1 Å². The molecule has 1 aromatic rings. The van der Waals surface area contributed by atoms with E-state index in [-0.39, 0.29) is 6.10 Å². The van der Waals surface area contributed by atoms with Crippen molar-refractivity contribution in [2.75, 3.05) is 6.26 Å². The number of hydrogen-bond donors (Lipinski definition) is 1. The Kier molecular flexibility index (Phi) is 4.17. The first-order chi connectivity index (χ1) is 10.5. The molecule has 4 nitrogen and oxygen atoms in total. The number of carbonyl (C=O) groups is 1. The van der Waals surface area contributed by atoms with Crippen LogP contribution in [0.3, 0.4) is 0 Å². The molecule has 0 spiro atoms. The van der Waals surface area contributed by atoms with Crippen LogP contribution in [-0.4, -0.2) is 33.9 Å². The van der Waals surface area contributed by atoms with E-state index in [0.29, 0.717) is 12.8 Å². The Morgan fingerprint density at radius 1 is 1.41 bits per heavy atom. The lowest BCUT2D eigenvalue weighted by molar-refractivity contribution is -0.140. The zero-order valence-electron chi connectivity index (χ0n) is 12.9. The lowest BCUT2D eigenvalue weighted by Crippen LogP contribution is -2.35. The van der Waals surface area contributed by atoms with Gasteiger partial charge in [-0.1, -0.05) is 29.4 Å². The second-order valence-corrected chi connectivity index (χ2v) is 7.62. The van der Waals surface area contributed by atoms with Gasteiger partial charge in [0.25, 0.3) is 0 Å². The van der Waals surface area contributed by atoms with Gasteiger partial charge in [-0.3, -0.25) is 4.79 Å². The molecule has 1 aromatic carbocycles. The van der Waals surface area contributed by atoms with Gasteiger partial charge in [0, 0.05) is 12.8 Å². The Bertz CT molecular complexity index is 594. The van der Waals surface area contributed by atoms with Crippen LogP contribution in [0.5, 0.6) is 0 Å². The van der Waals surface area contributed by atoms with Gasteiger partial charge in [0.2, 0.25) is 0 Å². The molecule has 118 valence electrons. The van der Waals surface area contributed by atoms with Gasteiger partial charge >= 0.3 is 5.97 Å². The van der Waals surface area contributed by atoms with Crippen LogP contribution in [0.2, 0.25) is 0 Å². The van der Waals surface area contributed by atoms with Crippen LogP contribution in [0.15, 0.2) is 29.4 Å². The summed E-state index contributed by atoms with van der Waals surface area (Å²) in [6.07, 6.45) is 5.39. The first-order valence-electron chi connectivity index (χ1n) is 7.63. The molecule has 2 atom stereocenters. The van der Waals surface area contributed by atoms with Gasteiger partial charge in [-0.25, -0.2) is 0 Å². The van der Waals surface area contributed by atoms with E-state index < -0.39 is 10.7 Å². The molecule has 0 aromatic heterocycles. The van der Waals surface area contributed by atoms with E-state index in [1.54, 1.807) is 6.92 Å². The number of thioether (sulfide) groups is 1. The highest BCUT2D eigenvalue weighted by Gasteiger charge is 2.38. The molecule has 3 rings (SSSR count). The van der Waals surface area contributed by atoms with Gasteiger partial charge < -0.3 is 9.94 Å². The van der Waals surface area contributed by atoms with Crippen molar-refractivity contribution in [1.82, 2.24) is 0 Å². The molecule has 22 heavy (non-hydrogen) atoms. The van der Waals surface area contributed by atoms with Gasteiger partial charge in [-0.15, -0.1) is 11.8 Å². The monoisotopic (exact) mass is 319 g/mol. The average Bonchev–Trinajstić information content (AvgIpc) is 3.27. The number of carboxylic acids is 1. The molecule has 1 heterocycles. The number of nitrogens with zero attached hydrogens (tertiary/aromatic N) is 1. The van der Waals surface area contributed by atoms with Crippen molar-refractivity contribution in [3.63, 3.8) is 0 Å². The van der Waals surface area contributed by atoms with Crippen molar-refractivity contribution in [2.24, 2.45) is 5.16 Å². The summed E-state index contributed by atoms with van der Waals surface area (Å²) < 4.78 is -0.828. The van der Waals surface area contributed by atoms with Crippen LogP contribution in [0.1, 0.15) is 49.7 Å². The van der Waals surface area contributed by atoms with E-state index in [9.17, 15) is 9.90 Å².